The van der Waals surface area contributed by atoms with E-state index in [2.05, 4.69) is 0 Å². The maximum atomic E-state index is 13.0. The van der Waals surface area contributed by atoms with E-state index in [0.29, 0.717) is 37.6 Å². The molecule has 0 unspecified atom stereocenters. The van der Waals surface area contributed by atoms with Gasteiger partial charge in [0.1, 0.15) is 6.54 Å². The molecule has 0 saturated carbocycles. The Morgan fingerprint density at radius 3 is 2.12 bits per heavy atom. The lowest BCUT2D eigenvalue weighted by atomic mass is 10.1. The van der Waals surface area contributed by atoms with Gasteiger partial charge in [-0.25, -0.2) is 8.42 Å². The predicted octanol–water partition coefficient (Wildman–Crippen LogP) is 3.44. The normalized spacial score (nSPS) is 15.1. The molecule has 0 bridgehead atoms. The van der Waals surface area contributed by atoms with E-state index in [0.717, 1.165) is 33.8 Å². The SMILES string of the molecule is Cc1cc(C)cc(N(CC(=O)N2CCN(c3cccc(C(F)(F)F)c3)CC2)S(C)(=O)=O)c1. The third-order valence-corrected chi connectivity index (χ3v) is 6.49. The summed E-state index contributed by atoms with van der Waals surface area (Å²) in [4.78, 5) is 16.2. The molecule has 32 heavy (non-hydrogen) atoms. The molecule has 174 valence electrons. The van der Waals surface area contributed by atoms with E-state index >= 15 is 0 Å². The van der Waals surface area contributed by atoms with Crippen LogP contribution < -0.4 is 9.21 Å². The van der Waals surface area contributed by atoms with Gasteiger partial charge in [0.2, 0.25) is 15.9 Å². The van der Waals surface area contributed by atoms with Crippen molar-refractivity contribution in [2.75, 3.05) is 48.2 Å². The van der Waals surface area contributed by atoms with Crippen molar-refractivity contribution in [1.82, 2.24) is 4.90 Å². The molecule has 1 saturated heterocycles. The van der Waals surface area contributed by atoms with Gasteiger partial charge in [0.05, 0.1) is 17.5 Å². The lowest BCUT2D eigenvalue weighted by Crippen LogP contribution is -2.52. The van der Waals surface area contributed by atoms with Gasteiger partial charge in [-0.1, -0.05) is 12.1 Å². The molecule has 1 amide bonds. The van der Waals surface area contributed by atoms with Crippen molar-refractivity contribution < 1.29 is 26.4 Å². The highest BCUT2D eigenvalue weighted by Gasteiger charge is 2.31. The van der Waals surface area contributed by atoms with Crippen LogP contribution in [0.2, 0.25) is 0 Å². The van der Waals surface area contributed by atoms with Gasteiger partial charge >= 0.3 is 6.18 Å². The largest absolute Gasteiger partial charge is 0.416 e. The maximum Gasteiger partial charge on any atom is 0.416 e. The van der Waals surface area contributed by atoms with Crippen molar-refractivity contribution in [1.29, 1.82) is 0 Å². The van der Waals surface area contributed by atoms with Gasteiger partial charge in [-0.15, -0.1) is 0 Å². The van der Waals surface area contributed by atoms with E-state index in [1.165, 1.54) is 6.07 Å². The fourth-order valence-electron chi connectivity index (χ4n) is 3.81. The number of piperazine rings is 1. The van der Waals surface area contributed by atoms with Gasteiger partial charge in [-0.3, -0.25) is 9.10 Å². The second-order valence-electron chi connectivity index (χ2n) is 8.03. The van der Waals surface area contributed by atoms with E-state index in [1.807, 2.05) is 19.9 Å². The summed E-state index contributed by atoms with van der Waals surface area (Å²) in [6.45, 7) is 4.67. The Morgan fingerprint density at radius 2 is 1.59 bits per heavy atom. The Balaban J connectivity index is 1.69. The van der Waals surface area contributed by atoms with Crippen LogP contribution >= 0.6 is 0 Å². The summed E-state index contributed by atoms with van der Waals surface area (Å²) in [5, 5.41) is 0. The summed E-state index contributed by atoms with van der Waals surface area (Å²) >= 11 is 0. The summed E-state index contributed by atoms with van der Waals surface area (Å²) in [6, 6.07) is 10.4. The van der Waals surface area contributed by atoms with Gasteiger partial charge in [0.25, 0.3) is 0 Å². The van der Waals surface area contributed by atoms with Gasteiger partial charge < -0.3 is 9.80 Å². The van der Waals surface area contributed by atoms with Gasteiger partial charge in [0, 0.05) is 31.9 Å². The number of rotatable bonds is 5. The average molecular weight is 470 g/mol. The minimum Gasteiger partial charge on any atom is -0.368 e. The van der Waals surface area contributed by atoms with E-state index in [1.54, 1.807) is 28.0 Å². The number of benzene rings is 2. The fourth-order valence-corrected chi connectivity index (χ4v) is 4.64. The molecule has 1 fully saturated rings. The first-order valence-electron chi connectivity index (χ1n) is 10.1. The van der Waals surface area contributed by atoms with Crippen molar-refractivity contribution in [2.24, 2.45) is 0 Å². The van der Waals surface area contributed by atoms with Crippen LogP contribution in [0, 0.1) is 13.8 Å². The van der Waals surface area contributed by atoms with Crippen LogP contribution in [0.4, 0.5) is 24.5 Å². The molecule has 6 nitrogen and oxygen atoms in total. The minimum absolute atomic E-state index is 0.291. The monoisotopic (exact) mass is 469 g/mol. The van der Waals surface area contributed by atoms with Gasteiger partial charge in [-0.2, -0.15) is 13.2 Å². The Hall–Kier alpha value is -2.75. The zero-order chi connectivity index (χ0) is 23.7. The summed E-state index contributed by atoms with van der Waals surface area (Å²) in [7, 11) is -3.69. The molecule has 0 spiro atoms. The highest BCUT2D eigenvalue weighted by atomic mass is 32.2. The standard InChI is InChI=1S/C22H26F3N3O3S/c1-16-11-17(2)13-20(12-16)28(32(3,30)31)15-21(29)27-9-7-26(8-10-27)19-6-4-5-18(14-19)22(23,24)25/h4-6,11-14H,7-10,15H2,1-3H3. The number of nitrogens with zero attached hydrogens (tertiary/aromatic N) is 3. The summed E-state index contributed by atoms with van der Waals surface area (Å²) in [6.07, 6.45) is -3.36. The zero-order valence-electron chi connectivity index (χ0n) is 18.2. The van der Waals surface area contributed by atoms with Crippen LogP contribution in [0.15, 0.2) is 42.5 Å². The summed E-state index contributed by atoms with van der Waals surface area (Å²) < 4.78 is 64.8. The Kier molecular flexibility index (Phi) is 6.73. The highest BCUT2D eigenvalue weighted by molar-refractivity contribution is 7.92. The average Bonchev–Trinajstić information content (AvgIpc) is 2.70. The molecule has 3 rings (SSSR count). The number of halogens is 3. The topological polar surface area (TPSA) is 60.9 Å². The molecule has 0 N–H and O–H groups in total. The number of alkyl halides is 3. The molecule has 2 aromatic carbocycles. The molecule has 0 atom stereocenters. The molecular weight excluding hydrogens is 443 g/mol. The van der Waals surface area contributed by atoms with Crippen LogP contribution in [0.5, 0.6) is 0 Å². The smallest absolute Gasteiger partial charge is 0.368 e. The first-order chi connectivity index (χ1) is 14.8. The van der Waals surface area contributed by atoms with Crippen molar-refractivity contribution in [3.63, 3.8) is 0 Å². The lowest BCUT2D eigenvalue weighted by molar-refractivity contribution is -0.137. The summed E-state index contributed by atoms with van der Waals surface area (Å²) in [5.74, 6) is -0.349. The van der Waals surface area contributed by atoms with E-state index in [-0.39, 0.29) is 12.5 Å². The number of amides is 1. The number of hydrogen-bond acceptors (Lipinski definition) is 4. The number of carbonyl (C=O) groups is 1. The number of hydrogen-bond donors (Lipinski definition) is 0. The van der Waals surface area contributed by atoms with Crippen molar-refractivity contribution in [3.8, 4) is 0 Å². The van der Waals surface area contributed by atoms with Crippen LogP contribution in [0.25, 0.3) is 0 Å². The third-order valence-electron chi connectivity index (χ3n) is 5.34. The quantitative estimate of drug-likeness (QED) is 0.673. The number of sulfonamides is 1. The van der Waals surface area contributed by atoms with Crippen molar-refractivity contribution >= 4 is 27.3 Å². The van der Waals surface area contributed by atoms with E-state index < -0.39 is 21.8 Å². The summed E-state index contributed by atoms with van der Waals surface area (Å²) in [5.41, 5.74) is 1.93. The second-order valence-corrected chi connectivity index (χ2v) is 9.94. The Labute approximate surface area is 186 Å². The number of aryl methyl sites for hydroxylation is 2. The molecule has 1 aliphatic heterocycles. The highest BCUT2D eigenvalue weighted by Crippen LogP contribution is 2.32. The van der Waals surface area contributed by atoms with E-state index in [9.17, 15) is 26.4 Å². The molecule has 1 aliphatic rings. The van der Waals surface area contributed by atoms with Crippen LogP contribution in [0.3, 0.4) is 0 Å². The maximum absolute atomic E-state index is 13.0. The van der Waals surface area contributed by atoms with E-state index in [4.69, 9.17) is 0 Å². The second kappa shape index (κ2) is 9.01. The molecule has 0 aromatic heterocycles. The molecular formula is C22H26F3N3O3S. The van der Waals surface area contributed by atoms with Crippen molar-refractivity contribution in [3.05, 3.63) is 59.2 Å². The first kappa shape index (κ1) is 23.9. The predicted molar refractivity (Wildman–Crippen MR) is 118 cm³/mol. The first-order valence-corrected chi connectivity index (χ1v) is 12.0. The lowest BCUT2D eigenvalue weighted by Gasteiger charge is -2.37. The number of anilines is 2. The molecule has 0 radical (unpaired) electrons. The molecule has 1 heterocycles. The van der Waals surface area contributed by atoms with Crippen LogP contribution in [-0.2, 0) is 21.0 Å². The van der Waals surface area contributed by atoms with Gasteiger partial charge in [-0.05, 0) is 55.3 Å². The van der Waals surface area contributed by atoms with Gasteiger partial charge in [0.15, 0.2) is 0 Å². The Bertz CT molecular complexity index is 1070. The molecule has 0 aliphatic carbocycles. The minimum atomic E-state index is -4.42. The molecule has 2 aromatic rings. The fraction of sp³-hybridized carbons (Fsp3) is 0.409. The zero-order valence-corrected chi connectivity index (χ0v) is 19.0. The van der Waals surface area contributed by atoms with Crippen LogP contribution in [0.1, 0.15) is 16.7 Å². The number of carbonyl (C=O) groups excluding carboxylic acids is 1. The Morgan fingerprint density at radius 1 is 1.00 bits per heavy atom. The van der Waals surface area contributed by atoms with Crippen molar-refractivity contribution in [2.45, 2.75) is 20.0 Å². The molecule has 10 heteroatoms. The third kappa shape index (κ3) is 5.73. The van der Waals surface area contributed by atoms with Crippen LogP contribution in [-0.4, -0.2) is 58.2 Å².